The third-order valence-corrected chi connectivity index (χ3v) is 2.10. The molecular formula is C10H10F2N2O2. The summed E-state index contributed by atoms with van der Waals surface area (Å²) < 4.78 is 28.1. The maximum atomic E-state index is 11.9. The fraction of sp³-hybridized carbons (Fsp3) is 0.300. The number of ether oxygens (including phenoxy) is 1. The minimum Gasteiger partial charge on any atom is -0.435 e. The summed E-state index contributed by atoms with van der Waals surface area (Å²) in [6, 6.07) is 6.25. The first kappa shape index (κ1) is 10.7. The van der Waals surface area contributed by atoms with Crippen molar-refractivity contribution in [3.8, 4) is 5.75 Å². The molecular weight excluding hydrogens is 218 g/mol. The van der Waals surface area contributed by atoms with E-state index in [9.17, 15) is 8.78 Å². The van der Waals surface area contributed by atoms with Crippen LogP contribution in [-0.4, -0.2) is 31.1 Å². The van der Waals surface area contributed by atoms with Gasteiger partial charge in [0.2, 0.25) is 0 Å². The van der Waals surface area contributed by atoms with Crippen LogP contribution in [0, 0.1) is 0 Å². The molecule has 0 amide bonds. The van der Waals surface area contributed by atoms with Gasteiger partial charge in [-0.05, 0) is 24.3 Å². The van der Waals surface area contributed by atoms with Crippen molar-refractivity contribution in [3.63, 3.8) is 0 Å². The average Bonchev–Trinajstić information content (AvgIpc) is 2.65. The zero-order valence-corrected chi connectivity index (χ0v) is 8.56. The summed E-state index contributed by atoms with van der Waals surface area (Å²) in [5, 5.41) is 3.83. The Labute approximate surface area is 91.1 Å². The molecule has 0 bridgehead atoms. The van der Waals surface area contributed by atoms with E-state index in [0.717, 1.165) is 5.56 Å². The monoisotopic (exact) mass is 228 g/mol. The van der Waals surface area contributed by atoms with Gasteiger partial charge in [0.15, 0.2) is 12.6 Å². The molecule has 0 saturated carbocycles. The molecule has 2 rings (SSSR count). The standard InChI is InChI=1S/C10H10F2N2O2/c1-14-6-15-13-9(14)7-2-4-8(5-3-7)16-10(11)12/h2-5,10H,6H2,1H3. The van der Waals surface area contributed by atoms with Gasteiger partial charge in [-0.1, -0.05) is 5.16 Å². The van der Waals surface area contributed by atoms with Crippen LogP contribution in [0.3, 0.4) is 0 Å². The van der Waals surface area contributed by atoms with Crippen LogP contribution >= 0.6 is 0 Å². The Kier molecular flexibility index (Phi) is 2.89. The second-order valence-corrected chi connectivity index (χ2v) is 3.27. The molecule has 16 heavy (non-hydrogen) atoms. The van der Waals surface area contributed by atoms with Gasteiger partial charge in [-0.2, -0.15) is 8.78 Å². The van der Waals surface area contributed by atoms with Gasteiger partial charge < -0.3 is 14.5 Å². The van der Waals surface area contributed by atoms with Crippen LogP contribution in [0.15, 0.2) is 29.4 Å². The summed E-state index contributed by atoms with van der Waals surface area (Å²) in [5.74, 6) is 0.796. The Morgan fingerprint density at radius 2 is 2.06 bits per heavy atom. The molecule has 1 aromatic rings. The number of benzene rings is 1. The summed E-state index contributed by atoms with van der Waals surface area (Å²) in [7, 11) is 1.83. The minimum absolute atomic E-state index is 0.126. The van der Waals surface area contributed by atoms with E-state index in [1.807, 2.05) is 11.9 Å². The van der Waals surface area contributed by atoms with Crippen LogP contribution in [0.1, 0.15) is 5.56 Å². The second kappa shape index (κ2) is 4.34. The molecule has 1 heterocycles. The smallest absolute Gasteiger partial charge is 0.387 e. The van der Waals surface area contributed by atoms with Crippen molar-refractivity contribution in [2.75, 3.05) is 13.8 Å². The molecule has 0 radical (unpaired) electrons. The molecule has 0 unspecified atom stereocenters. The predicted molar refractivity (Wildman–Crippen MR) is 53.3 cm³/mol. The molecule has 0 N–H and O–H groups in total. The number of alkyl halides is 2. The number of hydrogen-bond acceptors (Lipinski definition) is 4. The van der Waals surface area contributed by atoms with Crippen LogP contribution in [0.2, 0.25) is 0 Å². The second-order valence-electron chi connectivity index (χ2n) is 3.27. The highest BCUT2D eigenvalue weighted by atomic mass is 19.3. The maximum Gasteiger partial charge on any atom is 0.387 e. The summed E-state index contributed by atoms with van der Waals surface area (Å²) in [6.07, 6.45) is 0. The number of rotatable bonds is 3. The highest BCUT2D eigenvalue weighted by Crippen LogP contribution is 2.17. The highest BCUT2D eigenvalue weighted by Gasteiger charge is 2.16. The number of halogens is 2. The predicted octanol–water partition coefficient (Wildman–Crippen LogP) is 1.87. The third-order valence-electron chi connectivity index (χ3n) is 2.10. The first-order chi connectivity index (χ1) is 7.66. The van der Waals surface area contributed by atoms with Crippen molar-refractivity contribution in [2.45, 2.75) is 6.61 Å². The van der Waals surface area contributed by atoms with E-state index in [1.165, 1.54) is 12.1 Å². The fourth-order valence-corrected chi connectivity index (χ4v) is 1.37. The van der Waals surface area contributed by atoms with Gasteiger partial charge in [-0.3, -0.25) is 0 Å². The fourth-order valence-electron chi connectivity index (χ4n) is 1.37. The normalized spacial score (nSPS) is 15.0. The molecule has 1 aromatic carbocycles. The largest absolute Gasteiger partial charge is 0.435 e. The average molecular weight is 228 g/mol. The van der Waals surface area contributed by atoms with Crippen LogP contribution in [0.5, 0.6) is 5.75 Å². The van der Waals surface area contributed by atoms with Gasteiger partial charge in [0.05, 0.1) is 0 Å². The number of amidine groups is 1. The van der Waals surface area contributed by atoms with E-state index in [4.69, 9.17) is 4.84 Å². The van der Waals surface area contributed by atoms with Crippen LogP contribution in [0.25, 0.3) is 0 Å². The van der Waals surface area contributed by atoms with Crippen LogP contribution in [0.4, 0.5) is 8.78 Å². The van der Waals surface area contributed by atoms with Crippen molar-refractivity contribution in [1.82, 2.24) is 4.90 Å². The minimum atomic E-state index is -2.80. The number of oxime groups is 1. The Balaban J connectivity index is 2.13. The molecule has 86 valence electrons. The van der Waals surface area contributed by atoms with Gasteiger partial charge in [-0.15, -0.1) is 0 Å². The summed E-state index contributed by atoms with van der Waals surface area (Å²) >= 11 is 0. The van der Waals surface area contributed by atoms with E-state index in [-0.39, 0.29) is 5.75 Å². The molecule has 4 nitrogen and oxygen atoms in total. The van der Waals surface area contributed by atoms with Gasteiger partial charge in [0.1, 0.15) is 5.75 Å². The van der Waals surface area contributed by atoms with Crippen molar-refractivity contribution in [2.24, 2.45) is 5.16 Å². The molecule has 0 fully saturated rings. The quantitative estimate of drug-likeness (QED) is 0.792. The lowest BCUT2D eigenvalue weighted by molar-refractivity contribution is -0.0498. The molecule has 1 aliphatic rings. The van der Waals surface area contributed by atoms with Gasteiger partial charge in [0, 0.05) is 12.6 Å². The topological polar surface area (TPSA) is 34.1 Å². The molecule has 0 aromatic heterocycles. The first-order valence-corrected chi connectivity index (χ1v) is 4.63. The zero-order valence-electron chi connectivity index (χ0n) is 8.56. The lowest BCUT2D eigenvalue weighted by Gasteiger charge is -2.10. The lowest BCUT2D eigenvalue weighted by atomic mass is 10.2. The molecule has 0 saturated heterocycles. The number of nitrogens with zero attached hydrogens (tertiary/aromatic N) is 2. The van der Waals surface area contributed by atoms with Crippen LogP contribution in [-0.2, 0) is 4.84 Å². The SMILES string of the molecule is CN1CON=C1c1ccc(OC(F)F)cc1. The van der Waals surface area contributed by atoms with Gasteiger partial charge in [-0.25, -0.2) is 0 Å². The van der Waals surface area contributed by atoms with Crippen molar-refractivity contribution < 1.29 is 18.4 Å². The molecule has 1 aliphatic heterocycles. The summed E-state index contributed by atoms with van der Waals surface area (Å²) in [5.41, 5.74) is 0.793. The van der Waals surface area contributed by atoms with Crippen molar-refractivity contribution >= 4 is 5.84 Å². The third kappa shape index (κ3) is 2.21. The van der Waals surface area contributed by atoms with Crippen molar-refractivity contribution in [1.29, 1.82) is 0 Å². The Morgan fingerprint density at radius 3 is 2.56 bits per heavy atom. The first-order valence-electron chi connectivity index (χ1n) is 4.63. The molecule has 6 heteroatoms. The highest BCUT2D eigenvalue weighted by molar-refractivity contribution is 5.98. The van der Waals surface area contributed by atoms with Gasteiger partial charge >= 0.3 is 6.61 Å². The van der Waals surface area contributed by atoms with Gasteiger partial charge in [0.25, 0.3) is 0 Å². The maximum absolute atomic E-state index is 11.9. The lowest BCUT2D eigenvalue weighted by Crippen LogP contribution is -2.23. The molecule has 0 atom stereocenters. The van der Waals surface area contributed by atoms with E-state index in [0.29, 0.717) is 12.6 Å². The Morgan fingerprint density at radius 1 is 1.38 bits per heavy atom. The number of hydrogen-bond donors (Lipinski definition) is 0. The van der Waals surface area contributed by atoms with E-state index < -0.39 is 6.61 Å². The molecule has 0 spiro atoms. The zero-order chi connectivity index (χ0) is 11.5. The molecule has 0 aliphatic carbocycles. The summed E-state index contributed by atoms with van der Waals surface area (Å²) in [6.45, 7) is -2.41. The summed E-state index contributed by atoms with van der Waals surface area (Å²) in [4.78, 5) is 6.69. The van der Waals surface area contributed by atoms with E-state index in [1.54, 1.807) is 12.1 Å². The van der Waals surface area contributed by atoms with Crippen LogP contribution < -0.4 is 4.74 Å². The Bertz CT molecular complexity index is 392. The Hall–Kier alpha value is -1.85. The van der Waals surface area contributed by atoms with E-state index >= 15 is 0 Å². The van der Waals surface area contributed by atoms with Crippen molar-refractivity contribution in [3.05, 3.63) is 29.8 Å². The van der Waals surface area contributed by atoms with E-state index in [2.05, 4.69) is 9.89 Å².